The smallest absolute Gasteiger partial charge is 0.248 e. The molecule has 0 saturated heterocycles. The molecule has 0 fully saturated rings. The Balaban J connectivity index is 1.33. The first-order valence-electron chi connectivity index (χ1n) is 18.6. The van der Waals surface area contributed by atoms with Crippen LogP contribution in [-0.2, 0) is 7.05 Å². The second kappa shape index (κ2) is 13.6. The summed E-state index contributed by atoms with van der Waals surface area (Å²) < 4.78 is 8.68. The van der Waals surface area contributed by atoms with Crippen LogP contribution in [0, 0.1) is 0 Å². The zero-order valence-corrected chi connectivity index (χ0v) is 30.3. The van der Waals surface area contributed by atoms with E-state index < -0.39 is 0 Å². The molecule has 7 heteroatoms. The van der Waals surface area contributed by atoms with Gasteiger partial charge in [0.2, 0.25) is 13.0 Å². The van der Waals surface area contributed by atoms with Crippen molar-refractivity contribution < 1.29 is 4.57 Å². The normalized spacial score (nSPS) is 11.4. The average Bonchev–Trinajstić information content (AvgIpc) is 3.96. The highest BCUT2D eigenvalue weighted by Gasteiger charge is 2.34. The van der Waals surface area contributed by atoms with Crippen LogP contribution >= 0.6 is 0 Å². The molecule has 6 nitrogen and oxygen atoms in total. The van der Waals surface area contributed by atoms with Crippen molar-refractivity contribution in [2.24, 2.45) is 7.05 Å². The second-order valence-electron chi connectivity index (χ2n) is 13.9. The molecule has 6 aromatic carbocycles. The predicted octanol–water partition coefficient (Wildman–Crippen LogP) is 7.83. The summed E-state index contributed by atoms with van der Waals surface area (Å²) in [5, 5.41) is 7.92. The van der Waals surface area contributed by atoms with Gasteiger partial charge in [0.25, 0.3) is 0 Å². The molecule has 0 atom stereocenters. The van der Waals surface area contributed by atoms with Crippen LogP contribution in [0.15, 0.2) is 201 Å². The summed E-state index contributed by atoms with van der Waals surface area (Å²) in [6.45, 7) is -0.216. The number of fused-ring (bicyclic) bond motifs is 3. The van der Waals surface area contributed by atoms with Crippen LogP contribution in [0.5, 0.6) is 0 Å². The fraction of sp³-hybridized carbons (Fsp3) is 0.0208. The first-order valence-corrected chi connectivity index (χ1v) is 18.6. The maximum atomic E-state index is 5.54. The monoisotopic (exact) mass is 707 g/mol. The molecular formula is C48H36BN6+. The molecule has 4 heterocycles. The quantitative estimate of drug-likeness (QED) is 0.119. The van der Waals surface area contributed by atoms with Gasteiger partial charge in [-0.1, -0.05) is 138 Å². The Morgan fingerprint density at radius 2 is 1.24 bits per heavy atom. The van der Waals surface area contributed by atoms with Gasteiger partial charge in [0.15, 0.2) is 0 Å². The molecular weight excluding hydrogens is 671 g/mol. The highest BCUT2D eigenvalue weighted by molar-refractivity contribution is 6.97. The van der Waals surface area contributed by atoms with Crippen molar-refractivity contribution in [2.45, 2.75) is 0 Å². The Bertz CT molecular complexity index is 2930. The molecule has 10 rings (SSSR count). The van der Waals surface area contributed by atoms with Crippen LogP contribution in [-0.4, -0.2) is 30.6 Å². The molecule has 0 amide bonds. The molecule has 4 aromatic heterocycles. The third-order valence-corrected chi connectivity index (χ3v) is 10.5. The highest BCUT2D eigenvalue weighted by atomic mass is 15.3. The number of hydrogen-bond acceptors (Lipinski definition) is 2. The van der Waals surface area contributed by atoms with Crippen molar-refractivity contribution in [1.29, 1.82) is 0 Å². The van der Waals surface area contributed by atoms with Gasteiger partial charge in [0, 0.05) is 22.5 Å². The molecule has 260 valence electrons. The van der Waals surface area contributed by atoms with E-state index in [1.165, 1.54) is 10.8 Å². The van der Waals surface area contributed by atoms with E-state index in [1.807, 2.05) is 12.3 Å². The summed E-state index contributed by atoms with van der Waals surface area (Å²) in [5.41, 5.74) is 11.9. The molecule has 0 spiro atoms. The second-order valence-corrected chi connectivity index (χ2v) is 13.9. The average molecular weight is 708 g/mol. The summed E-state index contributed by atoms with van der Waals surface area (Å²) in [6, 6.07) is 62.4. The van der Waals surface area contributed by atoms with Gasteiger partial charge < -0.3 is 0 Å². The van der Waals surface area contributed by atoms with Crippen molar-refractivity contribution in [3.63, 3.8) is 0 Å². The largest absolute Gasteiger partial charge is 0.294 e. The number of aryl methyl sites for hydroxylation is 1. The summed E-state index contributed by atoms with van der Waals surface area (Å²) in [4.78, 5) is 4.85. The van der Waals surface area contributed by atoms with E-state index in [9.17, 15) is 0 Å². The summed E-state index contributed by atoms with van der Waals surface area (Å²) in [7, 11) is 2.05. The molecule has 0 saturated carbocycles. The number of imidazole rings is 1. The lowest BCUT2D eigenvalue weighted by molar-refractivity contribution is -0.670. The first kappa shape index (κ1) is 32.4. The number of nitrogens with zero attached hydrogens (tertiary/aromatic N) is 6. The molecule has 0 aliphatic rings. The van der Waals surface area contributed by atoms with Crippen LogP contribution in [0.3, 0.4) is 0 Å². The third-order valence-electron chi connectivity index (χ3n) is 10.5. The van der Waals surface area contributed by atoms with Gasteiger partial charge in [-0.3, -0.25) is 4.57 Å². The minimum atomic E-state index is -0.216. The fourth-order valence-corrected chi connectivity index (χ4v) is 8.04. The summed E-state index contributed by atoms with van der Waals surface area (Å²) in [6.07, 6.45) is 8.14. The maximum Gasteiger partial charge on any atom is 0.248 e. The molecule has 0 bridgehead atoms. The zero-order valence-electron chi connectivity index (χ0n) is 30.3. The Hall–Kier alpha value is -7.25. The number of aromatic nitrogens is 6. The van der Waals surface area contributed by atoms with Gasteiger partial charge in [-0.15, -0.1) is 0 Å². The molecule has 55 heavy (non-hydrogen) atoms. The van der Waals surface area contributed by atoms with Gasteiger partial charge in [-0.05, 0) is 59.6 Å². The Morgan fingerprint density at radius 3 is 1.98 bits per heavy atom. The van der Waals surface area contributed by atoms with E-state index in [0.717, 1.165) is 67.1 Å². The van der Waals surface area contributed by atoms with Crippen molar-refractivity contribution >= 4 is 44.9 Å². The maximum absolute atomic E-state index is 5.54. The number of benzene rings is 6. The van der Waals surface area contributed by atoms with Gasteiger partial charge in [-0.25, -0.2) is 18.8 Å². The lowest BCUT2D eigenvalue weighted by Gasteiger charge is -2.20. The molecule has 0 aliphatic heterocycles. The lowest BCUT2D eigenvalue weighted by atomic mass is 9.36. The summed E-state index contributed by atoms with van der Waals surface area (Å²) >= 11 is 0. The van der Waals surface area contributed by atoms with E-state index in [4.69, 9.17) is 10.1 Å². The van der Waals surface area contributed by atoms with Crippen LogP contribution < -0.4 is 21.0 Å². The molecule has 0 unspecified atom stereocenters. The van der Waals surface area contributed by atoms with Crippen molar-refractivity contribution in [3.8, 4) is 39.7 Å². The predicted molar refractivity (Wildman–Crippen MR) is 225 cm³/mol. The Morgan fingerprint density at radius 1 is 0.564 bits per heavy atom. The molecule has 0 aliphatic carbocycles. The standard InChI is InChI=1S/C48H36BN6/c1-52-30-31-53(34-52)40-23-15-20-37(32-40)49(38-27-28-42-41-24-11-12-25-43(41)54(44(42)33-38)45-26-13-14-29-50-45)46-47(35-16-5-2-6-17-35)51-55(39-21-9-4-10-22-39)48(46)36-18-7-3-8-19-36/h2-34H,1H3/q+1. The van der Waals surface area contributed by atoms with Crippen molar-refractivity contribution in [1.82, 2.24) is 23.9 Å². The number of para-hydroxylation sites is 2. The minimum Gasteiger partial charge on any atom is -0.294 e. The Labute approximate surface area is 319 Å². The van der Waals surface area contributed by atoms with Crippen molar-refractivity contribution in [2.75, 3.05) is 0 Å². The van der Waals surface area contributed by atoms with E-state index in [2.05, 4.69) is 214 Å². The van der Waals surface area contributed by atoms with Crippen LogP contribution in [0.1, 0.15) is 0 Å². The van der Waals surface area contributed by atoms with E-state index in [0.29, 0.717) is 0 Å². The van der Waals surface area contributed by atoms with E-state index >= 15 is 0 Å². The minimum absolute atomic E-state index is 0.216. The topological polar surface area (TPSA) is 44.4 Å². The number of hydrogen-bond donors (Lipinski definition) is 0. The lowest BCUT2D eigenvalue weighted by Crippen LogP contribution is -2.53. The Kier molecular flexibility index (Phi) is 8.03. The molecule has 10 aromatic rings. The van der Waals surface area contributed by atoms with E-state index in [1.54, 1.807) is 0 Å². The van der Waals surface area contributed by atoms with E-state index in [-0.39, 0.29) is 6.71 Å². The first-order chi connectivity index (χ1) is 27.2. The zero-order chi connectivity index (χ0) is 36.7. The third kappa shape index (κ3) is 5.74. The fourth-order valence-electron chi connectivity index (χ4n) is 8.04. The van der Waals surface area contributed by atoms with Gasteiger partial charge in [0.1, 0.15) is 23.9 Å². The van der Waals surface area contributed by atoms with Gasteiger partial charge in [0.05, 0.1) is 35.2 Å². The highest BCUT2D eigenvalue weighted by Crippen LogP contribution is 2.32. The SMILES string of the molecule is C[n+]1ccn(-c2cccc(B(c3ccc4c5ccccc5n(-c5ccccn5)c4c3)c3c(-c4ccccc4)nn(-c4ccccc4)c3-c3ccccc3)c2)c1. The van der Waals surface area contributed by atoms with Crippen LogP contribution in [0.25, 0.3) is 61.5 Å². The van der Waals surface area contributed by atoms with Gasteiger partial charge >= 0.3 is 0 Å². The number of pyridine rings is 1. The van der Waals surface area contributed by atoms with Gasteiger partial charge in [-0.2, -0.15) is 5.10 Å². The van der Waals surface area contributed by atoms with Crippen LogP contribution in [0.2, 0.25) is 0 Å². The molecule has 0 radical (unpaired) electrons. The summed E-state index contributed by atoms with van der Waals surface area (Å²) in [5.74, 6) is 0.886. The van der Waals surface area contributed by atoms with Crippen LogP contribution in [0.4, 0.5) is 0 Å². The number of rotatable bonds is 8. The van der Waals surface area contributed by atoms with Crippen molar-refractivity contribution in [3.05, 3.63) is 201 Å². The molecule has 0 N–H and O–H groups in total.